The summed E-state index contributed by atoms with van der Waals surface area (Å²) in [6, 6.07) is 10.0. The molecule has 0 radical (unpaired) electrons. The van der Waals surface area contributed by atoms with Gasteiger partial charge in [0.05, 0.1) is 30.4 Å². The third-order valence-corrected chi connectivity index (χ3v) is 7.84. The summed E-state index contributed by atoms with van der Waals surface area (Å²) in [6.45, 7) is 4.34. The molecule has 12 heteroatoms. The topological polar surface area (TPSA) is 112 Å². The zero-order valence-corrected chi connectivity index (χ0v) is 23.4. The summed E-state index contributed by atoms with van der Waals surface area (Å²) in [6.07, 6.45) is 5.18. The van der Waals surface area contributed by atoms with Gasteiger partial charge in [0.1, 0.15) is 12.1 Å². The fourth-order valence-electron chi connectivity index (χ4n) is 5.77. The first-order valence-electron chi connectivity index (χ1n) is 13.4. The summed E-state index contributed by atoms with van der Waals surface area (Å²) in [7, 11) is 4.58. The number of ether oxygens (including phenoxy) is 2. The number of halogens is 1. The number of likely N-dealkylation sites (tertiary alicyclic amines) is 1. The molecule has 0 bridgehead atoms. The van der Waals surface area contributed by atoms with Crippen LogP contribution in [0.15, 0.2) is 48.9 Å². The van der Waals surface area contributed by atoms with Gasteiger partial charge in [-0.2, -0.15) is 0 Å². The molecule has 2 N–H and O–H groups in total. The Hall–Kier alpha value is -4.45. The van der Waals surface area contributed by atoms with Crippen LogP contribution in [0.1, 0.15) is 18.4 Å². The fourth-order valence-corrected chi connectivity index (χ4v) is 5.77. The largest absolute Gasteiger partial charge is 0.452 e. The molecule has 2 aliphatic heterocycles. The normalized spacial score (nSPS) is 18.4. The van der Waals surface area contributed by atoms with Crippen LogP contribution in [0, 0.1) is 11.2 Å². The smallest absolute Gasteiger partial charge is 0.413 e. The maximum Gasteiger partial charge on any atom is 0.413 e. The van der Waals surface area contributed by atoms with Crippen LogP contribution in [0.4, 0.5) is 32.1 Å². The van der Waals surface area contributed by atoms with E-state index in [4.69, 9.17) is 9.47 Å². The summed E-state index contributed by atoms with van der Waals surface area (Å²) in [5, 5.41) is 5.87. The van der Waals surface area contributed by atoms with E-state index in [1.54, 1.807) is 6.20 Å². The van der Waals surface area contributed by atoms with Crippen LogP contribution < -0.4 is 25.2 Å². The van der Waals surface area contributed by atoms with E-state index in [-0.39, 0.29) is 16.9 Å². The molecule has 5 rings (SSSR count). The highest BCUT2D eigenvalue weighted by molar-refractivity contribution is 5.89. The molecule has 3 heterocycles. The molecule has 11 nitrogen and oxygen atoms in total. The van der Waals surface area contributed by atoms with Crippen molar-refractivity contribution < 1.29 is 23.5 Å². The lowest BCUT2D eigenvalue weighted by Gasteiger charge is -2.26. The van der Waals surface area contributed by atoms with Gasteiger partial charge in [-0.05, 0) is 49.2 Å². The highest BCUT2D eigenvalue weighted by Gasteiger charge is 2.44. The van der Waals surface area contributed by atoms with Crippen molar-refractivity contribution in [2.24, 2.45) is 5.41 Å². The molecule has 3 aromatic rings. The SMILES string of the molecule is CNc1ccc(CN2CCC3(CCN(c4ncncc4Oc4ccc(F)cc4N(C)C(=O)OC)C3)C2)cc1NC=O. The lowest BCUT2D eigenvalue weighted by Crippen LogP contribution is -2.31. The molecular formula is C29H34FN7O4. The van der Waals surface area contributed by atoms with Crippen LogP contribution in [0.2, 0.25) is 0 Å². The molecule has 0 saturated carbocycles. The standard InChI is InChI=1S/C29H34FN7O4/c1-31-22-6-4-20(12-23(22)34-19-38)15-36-10-8-29(16-36)9-11-37(17-29)27-26(14-32-18-33-27)41-25-7-5-21(30)13-24(25)35(2)28(39)40-3/h4-7,12-14,18-19,31H,8-11,15-17H2,1-3H3,(H,34,38). The van der Waals surface area contributed by atoms with E-state index in [1.165, 1.54) is 43.6 Å². The predicted octanol–water partition coefficient (Wildman–Crippen LogP) is 4.32. The van der Waals surface area contributed by atoms with Crippen LogP contribution >= 0.6 is 0 Å². The molecule has 2 aliphatic rings. The molecule has 2 amide bonds. The zero-order valence-electron chi connectivity index (χ0n) is 23.4. The number of aromatic nitrogens is 2. The second-order valence-corrected chi connectivity index (χ2v) is 10.5. The molecule has 41 heavy (non-hydrogen) atoms. The first kappa shape index (κ1) is 28.1. The Kier molecular flexibility index (Phi) is 8.20. The quantitative estimate of drug-likeness (QED) is 0.368. The Bertz CT molecular complexity index is 1420. The van der Waals surface area contributed by atoms with Crippen molar-refractivity contribution >= 4 is 35.4 Å². The third-order valence-electron chi connectivity index (χ3n) is 7.84. The molecule has 0 aliphatic carbocycles. The Morgan fingerprint density at radius 1 is 1.15 bits per heavy atom. The summed E-state index contributed by atoms with van der Waals surface area (Å²) in [5.74, 6) is 0.849. The van der Waals surface area contributed by atoms with Gasteiger partial charge in [-0.1, -0.05) is 6.07 Å². The molecule has 1 unspecified atom stereocenters. The Morgan fingerprint density at radius 2 is 1.98 bits per heavy atom. The summed E-state index contributed by atoms with van der Waals surface area (Å²) in [4.78, 5) is 37.7. The Morgan fingerprint density at radius 3 is 2.76 bits per heavy atom. The molecule has 216 valence electrons. The number of amides is 2. The van der Waals surface area contributed by atoms with Gasteiger partial charge in [0.2, 0.25) is 6.41 Å². The molecule has 2 saturated heterocycles. The second kappa shape index (κ2) is 12.0. The summed E-state index contributed by atoms with van der Waals surface area (Å²) >= 11 is 0. The molecule has 2 aromatic carbocycles. The van der Waals surface area contributed by atoms with Gasteiger partial charge >= 0.3 is 6.09 Å². The number of carbonyl (C=O) groups excluding carboxylic acids is 2. The minimum Gasteiger partial charge on any atom is -0.452 e. The van der Waals surface area contributed by atoms with Crippen molar-refractivity contribution in [3.05, 3.63) is 60.3 Å². The number of nitrogens with zero attached hydrogens (tertiary/aromatic N) is 5. The molecule has 2 fully saturated rings. The van der Waals surface area contributed by atoms with Crippen molar-refractivity contribution in [1.29, 1.82) is 0 Å². The van der Waals surface area contributed by atoms with E-state index in [1.807, 2.05) is 19.2 Å². The molecule has 1 atom stereocenters. The number of anilines is 4. The van der Waals surface area contributed by atoms with Gasteiger partial charge in [-0.25, -0.2) is 19.2 Å². The van der Waals surface area contributed by atoms with Gasteiger partial charge in [0.15, 0.2) is 17.3 Å². The van der Waals surface area contributed by atoms with Gasteiger partial charge in [-0.3, -0.25) is 14.6 Å². The van der Waals surface area contributed by atoms with Crippen LogP contribution in [-0.2, 0) is 16.1 Å². The average Bonchev–Trinajstić information content (AvgIpc) is 3.59. The van der Waals surface area contributed by atoms with Crippen molar-refractivity contribution in [2.75, 3.05) is 67.8 Å². The van der Waals surface area contributed by atoms with E-state index in [0.717, 1.165) is 62.5 Å². The number of hydrogen-bond acceptors (Lipinski definition) is 9. The van der Waals surface area contributed by atoms with Crippen molar-refractivity contribution in [3.63, 3.8) is 0 Å². The number of benzene rings is 2. The zero-order chi connectivity index (χ0) is 29.0. The molecule has 1 spiro atoms. The number of hydrogen-bond donors (Lipinski definition) is 2. The number of methoxy groups -OCH3 is 1. The van der Waals surface area contributed by atoms with Crippen LogP contribution in [-0.4, -0.2) is 74.8 Å². The van der Waals surface area contributed by atoms with Crippen molar-refractivity contribution in [1.82, 2.24) is 14.9 Å². The maximum atomic E-state index is 14.1. The van der Waals surface area contributed by atoms with E-state index in [0.29, 0.717) is 18.0 Å². The summed E-state index contributed by atoms with van der Waals surface area (Å²) < 4.78 is 25.1. The Labute approximate surface area is 238 Å². The highest BCUT2D eigenvalue weighted by Crippen LogP contribution is 2.44. The minimum absolute atomic E-state index is 0.114. The van der Waals surface area contributed by atoms with Crippen LogP contribution in [0.5, 0.6) is 11.5 Å². The van der Waals surface area contributed by atoms with E-state index >= 15 is 0 Å². The lowest BCUT2D eigenvalue weighted by atomic mass is 9.86. The maximum absolute atomic E-state index is 14.1. The van der Waals surface area contributed by atoms with Crippen LogP contribution in [0.3, 0.4) is 0 Å². The van der Waals surface area contributed by atoms with E-state index < -0.39 is 11.9 Å². The minimum atomic E-state index is -0.647. The molecular weight excluding hydrogens is 529 g/mol. The number of nitrogens with one attached hydrogen (secondary N) is 2. The fraction of sp³-hybridized carbons (Fsp3) is 0.379. The van der Waals surface area contributed by atoms with Gasteiger partial charge in [-0.15, -0.1) is 0 Å². The Balaban J connectivity index is 1.29. The second-order valence-electron chi connectivity index (χ2n) is 10.5. The average molecular weight is 564 g/mol. The van der Waals surface area contributed by atoms with E-state index in [9.17, 15) is 14.0 Å². The third kappa shape index (κ3) is 6.02. The van der Waals surface area contributed by atoms with Gasteiger partial charge < -0.3 is 25.0 Å². The highest BCUT2D eigenvalue weighted by atomic mass is 19.1. The summed E-state index contributed by atoms with van der Waals surface area (Å²) in [5.41, 5.74) is 3.12. The van der Waals surface area contributed by atoms with Crippen molar-refractivity contribution in [2.45, 2.75) is 19.4 Å². The lowest BCUT2D eigenvalue weighted by molar-refractivity contribution is -0.105. The van der Waals surface area contributed by atoms with Crippen LogP contribution in [0.25, 0.3) is 0 Å². The molecule has 1 aromatic heterocycles. The first-order valence-corrected chi connectivity index (χ1v) is 13.4. The first-order chi connectivity index (χ1) is 19.8. The van der Waals surface area contributed by atoms with Gasteiger partial charge in [0, 0.05) is 51.8 Å². The van der Waals surface area contributed by atoms with E-state index in [2.05, 4.69) is 36.5 Å². The number of rotatable bonds is 9. The predicted molar refractivity (Wildman–Crippen MR) is 154 cm³/mol. The van der Waals surface area contributed by atoms with Gasteiger partial charge in [0.25, 0.3) is 0 Å². The van der Waals surface area contributed by atoms with Crippen molar-refractivity contribution in [3.8, 4) is 11.5 Å². The number of carbonyl (C=O) groups is 2. The monoisotopic (exact) mass is 563 g/mol.